The van der Waals surface area contributed by atoms with Gasteiger partial charge in [0.05, 0.1) is 6.61 Å². The van der Waals surface area contributed by atoms with Crippen LogP contribution in [0.1, 0.15) is 61.1 Å². The van der Waals surface area contributed by atoms with Gasteiger partial charge in [0.2, 0.25) is 0 Å². The van der Waals surface area contributed by atoms with Gasteiger partial charge in [0.1, 0.15) is 0 Å². The predicted molar refractivity (Wildman–Crippen MR) is 104 cm³/mol. The third-order valence-corrected chi connectivity index (χ3v) is 6.39. The molecule has 0 bridgehead atoms. The van der Waals surface area contributed by atoms with E-state index in [1.807, 2.05) is 0 Å². The van der Waals surface area contributed by atoms with Crippen molar-refractivity contribution >= 4 is 0 Å². The molecule has 4 rings (SSSR count). The molecule has 0 aromatic heterocycles. The van der Waals surface area contributed by atoms with Crippen LogP contribution >= 0.6 is 0 Å². The maximum atomic E-state index is 5.90. The molecule has 1 heteroatoms. The Hall–Kier alpha value is -1.60. The van der Waals surface area contributed by atoms with E-state index >= 15 is 0 Å². The summed E-state index contributed by atoms with van der Waals surface area (Å²) >= 11 is 0. The van der Waals surface area contributed by atoms with E-state index in [2.05, 4.69) is 54.6 Å². The van der Waals surface area contributed by atoms with Gasteiger partial charge in [-0.15, -0.1) is 0 Å². The highest BCUT2D eigenvalue weighted by atomic mass is 16.5. The molecule has 2 aliphatic carbocycles. The summed E-state index contributed by atoms with van der Waals surface area (Å²) in [5.74, 6) is 2.65. The molecule has 0 N–H and O–H groups in total. The Morgan fingerprint density at radius 3 is 2.64 bits per heavy atom. The summed E-state index contributed by atoms with van der Waals surface area (Å²) in [6.45, 7) is 1.66. The van der Waals surface area contributed by atoms with Gasteiger partial charge in [-0.25, -0.2) is 0 Å². The van der Waals surface area contributed by atoms with Gasteiger partial charge in [-0.1, -0.05) is 67.4 Å². The van der Waals surface area contributed by atoms with Crippen LogP contribution in [-0.2, 0) is 17.8 Å². The maximum Gasteiger partial charge on any atom is 0.0716 e. The second-order valence-electron chi connectivity index (χ2n) is 7.88. The van der Waals surface area contributed by atoms with Crippen molar-refractivity contribution in [3.63, 3.8) is 0 Å². The molecule has 3 unspecified atom stereocenters. The van der Waals surface area contributed by atoms with Gasteiger partial charge in [0.15, 0.2) is 0 Å². The van der Waals surface area contributed by atoms with Crippen LogP contribution in [0.2, 0.25) is 0 Å². The first kappa shape index (κ1) is 16.8. The number of hydrogen-bond acceptors (Lipinski definition) is 1. The SMILES string of the molecule is c1ccc(COCCCC2CCCC3c4ccccc4CCC23)cc1. The molecule has 2 aliphatic rings. The van der Waals surface area contributed by atoms with Crippen LogP contribution in [-0.4, -0.2) is 6.61 Å². The summed E-state index contributed by atoms with van der Waals surface area (Å²) in [4.78, 5) is 0. The molecular formula is C24H30O. The number of fused-ring (bicyclic) bond motifs is 3. The Labute approximate surface area is 152 Å². The number of benzene rings is 2. The molecule has 2 aromatic rings. The lowest BCUT2D eigenvalue weighted by Crippen LogP contribution is -2.31. The highest BCUT2D eigenvalue weighted by Gasteiger charge is 2.36. The molecule has 132 valence electrons. The molecule has 3 atom stereocenters. The number of ether oxygens (including phenoxy) is 1. The monoisotopic (exact) mass is 334 g/mol. The fraction of sp³-hybridized carbons (Fsp3) is 0.500. The van der Waals surface area contributed by atoms with Crippen LogP contribution in [0.4, 0.5) is 0 Å². The largest absolute Gasteiger partial charge is 0.377 e. The van der Waals surface area contributed by atoms with Crippen molar-refractivity contribution in [2.24, 2.45) is 11.8 Å². The Morgan fingerprint density at radius 2 is 1.72 bits per heavy atom. The molecule has 0 saturated heterocycles. The third kappa shape index (κ3) is 3.98. The zero-order chi connectivity index (χ0) is 16.9. The van der Waals surface area contributed by atoms with Gasteiger partial charge in [0.25, 0.3) is 0 Å². The summed E-state index contributed by atoms with van der Waals surface area (Å²) in [5.41, 5.74) is 4.57. The molecule has 1 saturated carbocycles. The van der Waals surface area contributed by atoms with Crippen LogP contribution in [0.25, 0.3) is 0 Å². The van der Waals surface area contributed by atoms with Gasteiger partial charge < -0.3 is 4.74 Å². The second kappa shape index (κ2) is 8.19. The van der Waals surface area contributed by atoms with E-state index < -0.39 is 0 Å². The molecule has 0 amide bonds. The minimum absolute atomic E-state index is 0.755. The summed E-state index contributed by atoms with van der Waals surface area (Å²) in [7, 11) is 0. The lowest BCUT2D eigenvalue weighted by atomic mass is 9.62. The molecule has 0 aliphatic heterocycles. The first-order valence-electron chi connectivity index (χ1n) is 10.1. The predicted octanol–water partition coefficient (Wildman–Crippen LogP) is 6.13. The van der Waals surface area contributed by atoms with E-state index in [9.17, 15) is 0 Å². The van der Waals surface area contributed by atoms with Crippen molar-refractivity contribution in [2.45, 2.75) is 57.5 Å². The van der Waals surface area contributed by atoms with Gasteiger partial charge in [-0.3, -0.25) is 0 Å². The number of aryl methyl sites for hydroxylation is 1. The molecule has 0 heterocycles. The Bertz CT molecular complexity index is 663. The van der Waals surface area contributed by atoms with Crippen molar-refractivity contribution in [3.05, 3.63) is 71.3 Å². The highest BCUT2D eigenvalue weighted by molar-refractivity contribution is 5.34. The topological polar surface area (TPSA) is 9.23 Å². The first-order chi connectivity index (χ1) is 12.4. The maximum absolute atomic E-state index is 5.90. The van der Waals surface area contributed by atoms with Crippen molar-refractivity contribution in [1.29, 1.82) is 0 Å². The molecule has 2 aromatic carbocycles. The smallest absolute Gasteiger partial charge is 0.0716 e. The Morgan fingerprint density at radius 1 is 0.880 bits per heavy atom. The minimum atomic E-state index is 0.755. The molecule has 25 heavy (non-hydrogen) atoms. The third-order valence-electron chi connectivity index (χ3n) is 6.39. The van der Waals surface area contributed by atoms with E-state index in [-0.39, 0.29) is 0 Å². The highest BCUT2D eigenvalue weighted by Crippen LogP contribution is 2.48. The minimum Gasteiger partial charge on any atom is -0.377 e. The standard InChI is InChI=1S/C24H30O/c1-2-8-19(9-3-1)18-25-17-7-12-20-11-6-14-24-22-13-5-4-10-21(22)15-16-23(20)24/h1-5,8-10,13,20,23-24H,6-7,11-12,14-18H2. The van der Waals surface area contributed by atoms with Crippen molar-refractivity contribution in [2.75, 3.05) is 6.61 Å². The second-order valence-corrected chi connectivity index (χ2v) is 7.88. The van der Waals surface area contributed by atoms with Gasteiger partial charge in [-0.05, 0) is 66.5 Å². The van der Waals surface area contributed by atoms with Gasteiger partial charge >= 0.3 is 0 Å². The van der Waals surface area contributed by atoms with Crippen LogP contribution in [0.3, 0.4) is 0 Å². The zero-order valence-corrected chi connectivity index (χ0v) is 15.2. The van der Waals surface area contributed by atoms with E-state index in [1.165, 1.54) is 50.5 Å². The van der Waals surface area contributed by atoms with Crippen LogP contribution < -0.4 is 0 Å². The molecule has 1 nitrogen and oxygen atoms in total. The van der Waals surface area contributed by atoms with Crippen molar-refractivity contribution < 1.29 is 4.74 Å². The fourth-order valence-corrected chi connectivity index (χ4v) is 5.20. The van der Waals surface area contributed by atoms with Crippen LogP contribution in [0, 0.1) is 11.8 Å². The Balaban J connectivity index is 1.27. The fourth-order valence-electron chi connectivity index (χ4n) is 5.20. The average Bonchev–Trinajstić information content (AvgIpc) is 2.68. The van der Waals surface area contributed by atoms with E-state index in [4.69, 9.17) is 4.74 Å². The zero-order valence-electron chi connectivity index (χ0n) is 15.2. The van der Waals surface area contributed by atoms with E-state index in [0.717, 1.165) is 31.0 Å². The molecule has 0 radical (unpaired) electrons. The Kier molecular flexibility index (Phi) is 5.52. The van der Waals surface area contributed by atoms with E-state index in [1.54, 1.807) is 11.1 Å². The first-order valence-corrected chi connectivity index (χ1v) is 10.1. The molecular weight excluding hydrogens is 304 g/mol. The lowest BCUT2D eigenvalue weighted by Gasteiger charge is -2.42. The van der Waals surface area contributed by atoms with Crippen molar-refractivity contribution in [1.82, 2.24) is 0 Å². The van der Waals surface area contributed by atoms with Gasteiger partial charge in [0, 0.05) is 6.61 Å². The van der Waals surface area contributed by atoms with Crippen LogP contribution in [0.5, 0.6) is 0 Å². The quantitative estimate of drug-likeness (QED) is 0.577. The van der Waals surface area contributed by atoms with Crippen LogP contribution in [0.15, 0.2) is 54.6 Å². The summed E-state index contributed by atoms with van der Waals surface area (Å²) in [5, 5.41) is 0. The van der Waals surface area contributed by atoms with Crippen molar-refractivity contribution in [3.8, 4) is 0 Å². The normalized spacial score (nSPS) is 25.2. The number of rotatable bonds is 6. The average molecular weight is 335 g/mol. The number of hydrogen-bond donors (Lipinski definition) is 0. The summed E-state index contributed by atoms with van der Waals surface area (Å²) in [6.07, 6.45) is 9.49. The van der Waals surface area contributed by atoms with E-state index in [0.29, 0.717) is 0 Å². The summed E-state index contributed by atoms with van der Waals surface area (Å²) < 4.78 is 5.90. The molecule has 0 spiro atoms. The molecule has 1 fully saturated rings. The van der Waals surface area contributed by atoms with Gasteiger partial charge in [-0.2, -0.15) is 0 Å². The lowest BCUT2D eigenvalue weighted by molar-refractivity contribution is 0.101. The summed E-state index contributed by atoms with van der Waals surface area (Å²) in [6, 6.07) is 19.7.